The maximum Gasteiger partial charge on any atom is 0.303 e. The van der Waals surface area contributed by atoms with Gasteiger partial charge >= 0.3 is 5.97 Å². The van der Waals surface area contributed by atoms with Crippen molar-refractivity contribution in [2.45, 2.75) is 51.0 Å². The highest BCUT2D eigenvalue weighted by Gasteiger charge is 2.24. The highest BCUT2D eigenvalue weighted by molar-refractivity contribution is 7.07. The molecule has 0 amide bonds. The molecule has 2 aromatic heterocycles. The summed E-state index contributed by atoms with van der Waals surface area (Å²) in [5.74, 6) is 0.159. The summed E-state index contributed by atoms with van der Waals surface area (Å²) in [7, 11) is 0. The number of aryl methyl sites for hydroxylation is 1. The summed E-state index contributed by atoms with van der Waals surface area (Å²) in [5.41, 5.74) is 6.16. The molecule has 0 fully saturated rings. The van der Waals surface area contributed by atoms with Gasteiger partial charge in [-0.1, -0.05) is 12.8 Å². The van der Waals surface area contributed by atoms with Gasteiger partial charge in [-0.05, 0) is 42.9 Å². The molecule has 0 saturated carbocycles. The van der Waals surface area contributed by atoms with Crippen LogP contribution in [0.25, 0.3) is 10.9 Å². The van der Waals surface area contributed by atoms with Crippen molar-refractivity contribution in [3.8, 4) is 5.75 Å². The third-order valence-corrected chi connectivity index (χ3v) is 5.71. The fourth-order valence-electron chi connectivity index (χ4n) is 3.90. The fourth-order valence-corrected chi connectivity index (χ4v) is 4.45. The van der Waals surface area contributed by atoms with Crippen LogP contribution in [-0.2, 0) is 17.8 Å². The number of thiazole rings is 1. The van der Waals surface area contributed by atoms with Gasteiger partial charge in [0.1, 0.15) is 12.4 Å². The van der Waals surface area contributed by atoms with Crippen LogP contribution in [0, 0.1) is 0 Å². The van der Waals surface area contributed by atoms with E-state index in [9.17, 15) is 9.90 Å². The lowest BCUT2D eigenvalue weighted by Crippen LogP contribution is -2.10. The average Bonchev–Trinajstić information content (AvgIpc) is 3.23. The van der Waals surface area contributed by atoms with Crippen molar-refractivity contribution in [3.05, 3.63) is 46.0 Å². The van der Waals surface area contributed by atoms with Crippen molar-refractivity contribution in [3.63, 3.8) is 0 Å². The molecule has 1 aromatic carbocycles. The van der Waals surface area contributed by atoms with Crippen molar-refractivity contribution in [2.75, 3.05) is 0 Å². The quantitative estimate of drug-likeness (QED) is 0.671. The highest BCUT2D eigenvalue weighted by atomic mass is 32.1. The molecule has 2 N–H and O–H groups in total. The van der Waals surface area contributed by atoms with Gasteiger partial charge in [-0.15, -0.1) is 11.3 Å². The summed E-state index contributed by atoms with van der Waals surface area (Å²) in [6, 6.07) is 6.06. The van der Waals surface area contributed by atoms with Crippen LogP contribution in [0.3, 0.4) is 0 Å². The summed E-state index contributed by atoms with van der Waals surface area (Å²) < 4.78 is 5.86. The molecule has 1 aliphatic carbocycles. The first-order valence-electron chi connectivity index (χ1n) is 9.07. The van der Waals surface area contributed by atoms with E-state index in [0.29, 0.717) is 6.61 Å². The fraction of sp³-hybridized carbons (Fsp3) is 0.400. The Morgan fingerprint density at radius 3 is 3.08 bits per heavy atom. The number of hydrogen-bond acceptors (Lipinski definition) is 4. The molecule has 5 nitrogen and oxygen atoms in total. The second-order valence-corrected chi connectivity index (χ2v) is 7.61. The van der Waals surface area contributed by atoms with Crippen LogP contribution >= 0.6 is 11.3 Å². The lowest BCUT2D eigenvalue weighted by atomic mass is 9.85. The van der Waals surface area contributed by atoms with Crippen molar-refractivity contribution >= 4 is 28.2 Å². The summed E-state index contributed by atoms with van der Waals surface area (Å²) in [5, 5.41) is 12.4. The predicted molar refractivity (Wildman–Crippen MR) is 102 cm³/mol. The van der Waals surface area contributed by atoms with Crippen LogP contribution in [0.15, 0.2) is 29.1 Å². The maximum atomic E-state index is 11.3. The number of H-pyrrole nitrogens is 1. The number of nitrogens with zero attached hydrogens (tertiary/aromatic N) is 1. The molecule has 4 rings (SSSR count). The number of ether oxygens (including phenoxy) is 1. The first-order chi connectivity index (χ1) is 12.7. The number of rotatable bonds is 5. The second kappa shape index (κ2) is 7.50. The van der Waals surface area contributed by atoms with E-state index in [1.54, 1.807) is 16.8 Å². The summed E-state index contributed by atoms with van der Waals surface area (Å²) >= 11 is 1.56. The average molecular weight is 370 g/mol. The van der Waals surface area contributed by atoms with Crippen molar-refractivity contribution < 1.29 is 14.6 Å². The van der Waals surface area contributed by atoms with E-state index in [-0.39, 0.29) is 12.3 Å². The van der Waals surface area contributed by atoms with Crippen molar-refractivity contribution in [2.24, 2.45) is 0 Å². The van der Waals surface area contributed by atoms with Crippen LogP contribution in [0.4, 0.5) is 0 Å². The van der Waals surface area contributed by atoms with Crippen LogP contribution in [-0.4, -0.2) is 21.0 Å². The molecule has 0 radical (unpaired) electrons. The zero-order valence-corrected chi connectivity index (χ0v) is 15.3. The van der Waals surface area contributed by atoms with Crippen LogP contribution in [0.2, 0.25) is 0 Å². The van der Waals surface area contributed by atoms with E-state index in [4.69, 9.17) is 4.74 Å². The third-order valence-electron chi connectivity index (χ3n) is 5.07. The zero-order valence-electron chi connectivity index (χ0n) is 14.5. The molecule has 0 aliphatic heterocycles. The molecule has 26 heavy (non-hydrogen) atoms. The zero-order chi connectivity index (χ0) is 17.9. The monoisotopic (exact) mass is 370 g/mol. The Balaban J connectivity index is 1.65. The van der Waals surface area contributed by atoms with Gasteiger partial charge in [-0.25, -0.2) is 4.98 Å². The van der Waals surface area contributed by atoms with E-state index in [0.717, 1.165) is 54.5 Å². The summed E-state index contributed by atoms with van der Waals surface area (Å²) in [4.78, 5) is 19.1. The minimum absolute atomic E-state index is 0.0818. The van der Waals surface area contributed by atoms with E-state index >= 15 is 0 Å². The third kappa shape index (κ3) is 3.60. The normalized spacial score (nSPS) is 17.5. The number of aromatic amines is 1. The van der Waals surface area contributed by atoms with Gasteiger partial charge < -0.3 is 14.8 Å². The van der Waals surface area contributed by atoms with Crippen LogP contribution in [0.1, 0.15) is 55.0 Å². The van der Waals surface area contributed by atoms with E-state index < -0.39 is 5.97 Å². The van der Waals surface area contributed by atoms with Gasteiger partial charge in [0.2, 0.25) is 0 Å². The standard InChI is InChI=1S/C20H22N2O3S/c23-19(24)8-13-4-2-1-3-5-17-20(13)16-7-6-15(9-18(16)22-17)25-10-14-11-26-12-21-14/h6-7,9,11-13,22H,1-5,8,10H2,(H,23,24). The van der Waals surface area contributed by atoms with E-state index in [2.05, 4.69) is 16.0 Å². The molecular weight excluding hydrogens is 348 g/mol. The lowest BCUT2D eigenvalue weighted by molar-refractivity contribution is -0.137. The molecule has 3 aromatic rings. The largest absolute Gasteiger partial charge is 0.487 e. The number of nitrogens with one attached hydrogen (secondary N) is 1. The molecule has 1 aliphatic rings. The number of carboxylic acids is 1. The Hall–Kier alpha value is -2.34. The molecule has 0 saturated heterocycles. The highest BCUT2D eigenvalue weighted by Crippen LogP contribution is 2.38. The van der Waals surface area contributed by atoms with Gasteiger partial charge in [0.05, 0.1) is 17.6 Å². The smallest absolute Gasteiger partial charge is 0.303 e. The van der Waals surface area contributed by atoms with Gasteiger partial charge in [0, 0.05) is 28.0 Å². The Morgan fingerprint density at radius 1 is 1.35 bits per heavy atom. The van der Waals surface area contributed by atoms with Crippen molar-refractivity contribution in [1.29, 1.82) is 0 Å². The molecule has 136 valence electrons. The van der Waals surface area contributed by atoms with Gasteiger partial charge in [-0.2, -0.15) is 0 Å². The SMILES string of the molecule is O=C(O)CC1CCCCCc2[nH]c3cc(OCc4cscn4)ccc3c21. The van der Waals surface area contributed by atoms with E-state index in [1.165, 1.54) is 11.3 Å². The molecule has 2 heterocycles. The minimum atomic E-state index is -0.723. The summed E-state index contributed by atoms with van der Waals surface area (Å²) in [6.45, 7) is 0.455. The Bertz CT molecular complexity index is 901. The number of carboxylic acid groups (broad SMARTS) is 1. The Labute approximate surface area is 156 Å². The van der Waals surface area contributed by atoms with Crippen LogP contribution < -0.4 is 4.74 Å². The number of aromatic nitrogens is 2. The van der Waals surface area contributed by atoms with Crippen LogP contribution in [0.5, 0.6) is 5.75 Å². The molecule has 1 unspecified atom stereocenters. The number of benzene rings is 1. The lowest BCUT2D eigenvalue weighted by Gasteiger charge is -2.19. The first-order valence-corrected chi connectivity index (χ1v) is 10.0. The topological polar surface area (TPSA) is 75.2 Å². The maximum absolute atomic E-state index is 11.3. The van der Waals surface area contributed by atoms with Gasteiger partial charge in [-0.3, -0.25) is 4.79 Å². The minimum Gasteiger partial charge on any atom is -0.487 e. The van der Waals surface area contributed by atoms with E-state index in [1.807, 2.05) is 17.5 Å². The second-order valence-electron chi connectivity index (χ2n) is 6.89. The molecule has 0 bridgehead atoms. The number of carbonyl (C=O) groups is 1. The number of hydrogen-bond donors (Lipinski definition) is 2. The number of fused-ring (bicyclic) bond motifs is 3. The molecular formula is C20H22N2O3S. The first kappa shape index (κ1) is 17.1. The molecule has 1 atom stereocenters. The predicted octanol–water partition coefficient (Wildman–Crippen LogP) is 4.88. The van der Waals surface area contributed by atoms with Crippen molar-refractivity contribution in [1.82, 2.24) is 9.97 Å². The Kier molecular flexibility index (Phi) is 4.93. The van der Waals surface area contributed by atoms with Gasteiger partial charge in [0.25, 0.3) is 0 Å². The summed E-state index contributed by atoms with van der Waals surface area (Å²) in [6.07, 6.45) is 5.52. The molecule has 0 spiro atoms. The van der Waals surface area contributed by atoms with Gasteiger partial charge in [0.15, 0.2) is 0 Å². The number of aliphatic carboxylic acids is 1. The Morgan fingerprint density at radius 2 is 2.27 bits per heavy atom. The molecule has 6 heteroatoms.